The molecule has 300 valence electrons. The van der Waals surface area contributed by atoms with Crippen LogP contribution in [0.3, 0.4) is 0 Å². The molecule has 1 N–H and O–H groups in total. The molecule has 4 fully saturated rings. The van der Waals surface area contributed by atoms with Gasteiger partial charge in [0.05, 0.1) is 23.4 Å². The van der Waals surface area contributed by atoms with Crippen LogP contribution in [0.2, 0.25) is 0 Å². The number of piperazine rings is 1. The number of aryl methyl sites for hydroxylation is 1. The molecule has 4 saturated heterocycles. The molecule has 13 nitrogen and oxygen atoms in total. The van der Waals surface area contributed by atoms with Crippen molar-refractivity contribution >= 4 is 34.5 Å². The molecule has 2 aromatic heterocycles. The molecule has 0 radical (unpaired) electrons. The molecule has 7 rings (SSSR count). The Balaban J connectivity index is 0.867. The summed E-state index contributed by atoms with van der Waals surface area (Å²) in [6, 6.07) is 10.3. The average molecular weight is 765 g/mol. The van der Waals surface area contributed by atoms with Crippen molar-refractivity contribution in [2.24, 2.45) is 11.3 Å². The number of fused-ring (bicyclic) bond motifs is 1. The molecular formula is C43H60N10O3. The number of pyridine rings is 1. The number of nitrogens with one attached hydrogen (secondary N) is 1. The molecule has 56 heavy (non-hydrogen) atoms. The number of piperidine rings is 3. The molecule has 1 aromatic carbocycles. The number of hydrogen-bond acceptors (Lipinski definition) is 10. The van der Waals surface area contributed by atoms with E-state index in [1.54, 1.807) is 0 Å². The van der Waals surface area contributed by atoms with Gasteiger partial charge in [0, 0.05) is 75.9 Å². The molecule has 1 atom stereocenters. The minimum Gasteiger partial charge on any atom is -0.444 e. The number of amides is 3. The fourth-order valence-corrected chi connectivity index (χ4v) is 9.17. The number of aromatic nitrogens is 3. The van der Waals surface area contributed by atoms with E-state index in [1.807, 2.05) is 68.8 Å². The van der Waals surface area contributed by atoms with E-state index in [1.165, 1.54) is 12.8 Å². The Hall–Kier alpha value is -4.70. The first-order valence-corrected chi connectivity index (χ1v) is 20.7. The Morgan fingerprint density at radius 2 is 1.57 bits per heavy atom. The lowest BCUT2D eigenvalue weighted by Gasteiger charge is -2.47. The minimum atomic E-state index is -0.455. The smallest absolute Gasteiger partial charge is 0.410 e. The lowest BCUT2D eigenvalue weighted by molar-refractivity contribution is -0.00460. The van der Waals surface area contributed by atoms with E-state index in [0.717, 1.165) is 105 Å². The quantitative estimate of drug-likeness (QED) is 0.287. The molecular weight excluding hydrogens is 705 g/mol. The second-order valence-electron chi connectivity index (χ2n) is 17.7. The van der Waals surface area contributed by atoms with E-state index in [4.69, 9.17) is 9.72 Å². The fraction of sp³-hybridized carbons (Fsp3) is 0.628. The van der Waals surface area contributed by atoms with Crippen molar-refractivity contribution in [1.29, 1.82) is 5.26 Å². The van der Waals surface area contributed by atoms with E-state index in [-0.39, 0.29) is 18.2 Å². The number of nitriles is 1. The number of carbonyl (C=O) groups is 2. The van der Waals surface area contributed by atoms with Crippen LogP contribution in [0.15, 0.2) is 30.5 Å². The molecule has 1 spiro atoms. The number of carbonyl (C=O) groups excluding carboxylic acids is 2. The summed E-state index contributed by atoms with van der Waals surface area (Å²) >= 11 is 0. The summed E-state index contributed by atoms with van der Waals surface area (Å²) in [5, 5.41) is 23.9. The summed E-state index contributed by atoms with van der Waals surface area (Å²) in [5.74, 6) is 2.17. The van der Waals surface area contributed by atoms with Crippen molar-refractivity contribution in [2.75, 3.05) is 82.2 Å². The van der Waals surface area contributed by atoms with Crippen molar-refractivity contribution in [2.45, 2.75) is 91.7 Å². The zero-order valence-electron chi connectivity index (χ0n) is 34.3. The Kier molecular flexibility index (Phi) is 11.6. The third-order valence-corrected chi connectivity index (χ3v) is 12.8. The number of ether oxygens (including phenoxy) is 1. The average Bonchev–Trinajstić information content (AvgIpc) is 3.19. The molecule has 3 aromatic rings. The minimum absolute atomic E-state index is 0.0831. The van der Waals surface area contributed by atoms with Crippen LogP contribution >= 0.6 is 0 Å². The second kappa shape index (κ2) is 16.4. The van der Waals surface area contributed by atoms with Gasteiger partial charge in [-0.05, 0) is 128 Å². The molecule has 3 amide bonds. The Labute approximate surface area is 332 Å². The van der Waals surface area contributed by atoms with Crippen molar-refractivity contribution in [3.8, 4) is 6.07 Å². The highest BCUT2D eigenvalue weighted by molar-refractivity contribution is 5.94. The topological polar surface area (TPSA) is 134 Å². The van der Waals surface area contributed by atoms with Gasteiger partial charge in [0.1, 0.15) is 11.4 Å². The number of rotatable bonds is 6. The second-order valence-corrected chi connectivity index (χ2v) is 17.7. The molecule has 0 aliphatic carbocycles. The third kappa shape index (κ3) is 8.80. The van der Waals surface area contributed by atoms with Gasteiger partial charge in [-0.15, -0.1) is 5.10 Å². The van der Waals surface area contributed by atoms with Gasteiger partial charge >= 0.3 is 12.1 Å². The lowest BCUT2D eigenvalue weighted by Crippen LogP contribution is -2.54. The fourth-order valence-electron chi connectivity index (χ4n) is 9.17. The molecule has 6 heterocycles. The van der Waals surface area contributed by atoms with Crippen LogP contribution < -0.4 is 10.2 Å². The molecule has 0 bridgehead atoms. The third-order valence-electron chi connectivity index (χ3n) is 12.8. The van der Waals surface area contributed by atoms with Crippen molar-refractivity contribution in [3.63, 3.8) is 0 Å². The van der Waals surface area contributed by atoms with E-state index in [2.05, 4.69) is 49.3 Å². The Morgan fingerprint density at radius 3 is 2.23 bits per heavy atom. The van der Waals surface area contributed by atoms with Crippen LogP contribution in [-0.2, 0) is 4.74 Å². The maximum absolute atomic E-state index is 13.7. The number of nitrogens with zero attached hydrogens (tertiary/aromatic N) is 9. The van der Waals surface area contributed by atoms with Crippen LogP contribution in [-0.4, -0.2) is 124 Å². The number of anilines is 2. The van der Waals surface area contributed by atoms with Gasteiger partial charge in [-0.3, -0.25) is 0 Å². The van der Waals surface area contributed by atoms with Crippen molar-refractivity contribution in [3.05, 3.63) is 52.8 Å². The SMILES string of the molecule is Cc1c(C#N)cccc1[C@@H](C)Nc1nnc(C)c2cnc(N3CCN(C(=O)N4CCC(CN5CCC6(CC5)CCN(C(=O)OC(C)(C)C)CC6)CC4)CC3)cc12. The zero-order chi connectivity index (χ0) is 39.6. The maximum atomic E-state index is 13.7. The highest BCUT2D eigenvalue weighted by atomic mass is 16.6. The Morgan fingerprint density at radius 1 is 0.911 bits per heavy atom. The predicted octanol–water partition coefficient (Wildman–Crippen LogP) is 6.75. The van der Waals surface area contributed by atoms with Gasteiger partial charge in [-0.1, -0.05) is 12.1 Å². The van der Waals surface area contributed by atoms with E-state index in [0.29, 0.717) is 48.9 Å². The molecule has 0 unspecified atom stereocenters. The highest BCUT2D eigenvalue weighted by Gasteiger charge is 2.40. The first-order valence-electron chi connectivity index (χ1n) is 20.7. The van der Waals surface area contributed by atoms with Gasteiger partial charge < -0.3 is 34.6 Å². The van der Waals surface area contributed by atoms with E-state index in [9.17, 15) is 14.9 Å². The summed E-state index contributed by atoms with van der Waals surface area (Å²) in [6.45, 7) is 21.1. The Bertz CT molecular complexity index is 1920. The summed E-state index contributed by atoms with van der Waals surface area (Å²) in [7, 11) is 0. The van der Waals surface area contributed by atoms with Gasteiger partial charge in [0.2, 0.25) is 0 Å². The maximum Gasteiger partial charge on any atom is 0.410 e. The largest absolute Gasteiger partial charge is 0.444 e. The standard InChI is InChI=1S/C43H60N10O3/c1-30-34(27-44)8-7-9-35(30)31(2)46-39-36-26-38(45-28-37(36)32(3)47-48-39)50-22-24-52(25-23-50)40(54)51-16-10-33(11-17-51)29-49-18-12-43(13-19-49)14-20-53(21-15-43)41(55)56-42(4,5)6/h7-9,26,28,31,33H,10-25,29H2,1-6H3,(H,46,48)/t31-/m1/s1. The predicted molar refractivity (Wildman–Crippen MR) is 219 cm³/mol. The lowest BCUT2D eigenvalue weighted by atomic mass is 9.71. The number of hydrogen-bond donors (Lipinski definition) is 1. The van der Waals surface area contributed by atoms with Crippen LogP contribution in [0.25, 0.3) is 10.8 Å². The first kappa shape index (κ1) is 39.5. The van der Waals surface area contributed by atoms with Crippen LogP contribution in [0.5, 0.6) is 0 Å². The molecule has 4 aliphatic rings. The van der Waals surface area contributed by atoms with Crippen LogP contribution in [0.1, 0.15) is 94.6 Å². The highest BCUT2D eigenvalue weighted by Crippen LogP contribution is 2.42. The summed E-state index contributed by atoms with van der Waals surface area (Å²) < 4.78 is 5.61. The number of benzene rings is 1. The summed E-state index contributed by atoms with van der Waals surface area (Å²) in [4.78, 5) is 41.9. The van der Waals surface area contributed by atoms with Gasteiger partial charge in [0.15, 0.2) is 5.82 Å². The van der Waals surface area contributed by atoms with Crippen LogP contribution in [0, 0.1) is 36.5 Å². The van der Waals surface area contributed by atoms with Crippen molar-refractivity contribution < 1.29 is 14.3 Å². The molecule has 13 heteroatoms. The van der Waals surface area contributed by atoms with Gasteiger partial charge in [-0.25, -0.2) is 14.6 Å². The van der Waals surface area contributed by atoms with E-state index < -0.39 is 5.60 Å². The first-order chi connectivity index (χ1) is 26.8. The molecule has 0 saturated carbocycles. The van der Waals surface area contributed by atoms with Crippen molar-refractivity contribution in [1.82, 2.24) is 34.8 Å². The normalized spacial score (nSPS) is 20.2. The van der Waals surface area contributed by atoms with Crippen LogP contribution in [0.4, 0.5) is 21.2 Å². The number of likely N-dealkylation sites (tertiary alicyclic amines) is 3. The van der Waals surface area contributed by atoms with Gasteiger partial charge in [-0.2, -0.15) is 10.4 Å². The monoisotopic (exact) mass is 764 g/mol. The summed E-state index contributed by atoms with van der Waals surface area (Å²) in [6.07, 6.45) is 8.37. The zero-order valence-corrected chi connectivity index (χ0v) is 34.3. The molecule has 4 aliphatic heterocycles. The summed E-state index contributed by atoms with van der Waals surface area (Å²) in [5.41, 5.74) is 3.40. The number of urea groups is 1. The van der Waals surface area contributed by atoms with Gasteiger partial charge in [0.25, 0.3) is 0 Å². The van der Waals surface area contributed by atoms with E-state index >= 15 is 0 Å².